The highest BCUT2D eigenvalue weighted by Crippen LogP contribution is 2.20. The molecule has 0 aliphatic heterocycles. The monoisotopic (exact) mass is 264 g/mol. The molecular weight excluding hydrogens is 248 g/mol. The quantitative estimate of drug-likeness (QED) is 0.561. The summed E-state index contributed by atoms with van der Waals surface area (Å²) in [5.41, 5.74) is 7.03. The third-order valence-corrected chi connectivity index (χ3v) is 3.38. The molecule has 0 amide bonds. The highest BCUT2D eigenvalue weighted by Gasteiger charge is 2.11. The van der Waals surface area contributed by atoms with E-state index in [4.69, 9.17) is 5.84 Å². The lowest BCUT2D eigenvalue weighted by Crippen LogP contribution is -2.29. The number of hydrogen-bond acceptors (Lipinski definition) is 4. The summed E-state index contributed by atoms with van der Waals surface area (Å²) < 4.78 is 0. The molecule has 4 nitrogen and oxygen atoms in total. The molecule has 1 heterocycles. The number of hydrogen-bond donors (Lipinski definition) is 2. The molecule has 3 aromatic rings. The minimum absolute atomic E-state index is 0.0591. The summed E-state index contributed by atoms with van der Waals surface area (Å²) in [4.78, 5) is 8.61. The average molecular weight is 264 g/mol. The number of hydrazine groups is 1. The van der Waals surface area contributed by atoms with Gasteiger partial charge >= 0.3 is 0 Å². The van der Waals surface area contributed by atoms with E-state index in [0.29, 0.717) is 0 Å². The van der Waals surface area contributed by atoms with Gasteiger partial charge in [0.1, 0.15) is 0 Å². The van der Waals surface area contributed by atoms with E-state index in [1.54, 1.807) is 12.4 Å². The minimum Gasteiger partial charge on any atom is -0.271 e. The van der Waals surface area contributed by atoms with E-state index in [1.807, 2.05) is 36.4 Å². The maximum absolute atomic E-state index is 5.71. The fourth-order valence-corrected chi connectivity index (χ4v) is 2.32. The molecule has 0 saturated carbocycles. The number of nitrogens with one attached hydrogen (secondary N) is 1. The second-order valence-electron chi connectivity index (χ2n) is 4.71. The average Bonchev–Trinajstić information content (AvgIpc) is 2.53. The summed E-state index contributed by atoms with van der Waals surface area (Å²) in [5, 5.41) is 0. The number of rotatable bonds is 4. The van der Waals surface area contributed by atoms with E-state index in [2.05, 4.69) is 27.5 Å². The largest absolute Gasteiger partial charge is 0.271 e. The summed E-state index contributed by atoms with van der Waals surface area (Å²) in [5.74, 6) is 5.71. The first-order valence-electron chi connectivity index (χ1n) is 6.57. The molecular formula is C16H16N4. The molecule has 1 unspecified atom stereocenters. The van der Waals surface area contributed by atoms with Crippen LogP contribution in [0.1, 0.15) is 17.2 Å². The Balaban J connectivity index is 1.91. The lowest BCUT2D eigenvalue weighted by molar-refractivity contribution is 0.552. The van der Waals surface area contributed by atoms with E-state index >= 15 is 0 Å². The van der Waals surface area contributed by atoms with Crippen LogP contribution >= 0.6 is 0 Å². The molecule has 0 radical (unpaired) electrons. The van der Waals surface area contributed by atoms with Crippen molar-refractivity contribution < 1.29 is 0 Å². The summed E-state index contributed by atoms with van der Waals surface area (Å²) in [7, 11) is 0. The standard InChI is InChI=1S/C16H16N4/c17-20-15(10-12-4-2-1-3-5-12)13-6-7-14-16(11-13)19-9-8-18-14/h1-9,11,15,20H,10,17H2. The zero-order valence-corrected chi connectivity index (χ0v) is 11.0. The SMILES string of the molecule is NNC(Cc1ccccc1)c1ccc2nccnc2c1. The van der Waals surface area contributed by atoms with Gasteiger partial charge in [-0.1, -0.05) is 36.4 Å². The predicted molar refractivity (Wildman–Crippen MR) is 79.7 cm³/mol. The Bertz CT molecular complexity index is 697. The topological polar surface area (TPSA) is 63.8 Å². The molecule has 0 aliphatic rings. The Morgan fingerprint density at radius 1 is 0.950 bits per heavy atom. The lowest BCUT2D eigenvalue weighted by Gasteiger charge is -2.16. The molecule has 3 rings (SSSR count). The molecule has 1 atom stereocenters. The smallest absolute Gasteiger partial charge is 0.0890 e. The van der Waals surface area contributed by atoms with Crippen LogP contribution in [0.3, 0.4) is 0 Å². The number of nitrogens with zero attached hydrogens (tertiary/aromatic N) is 2. The van der Waals surface area contributed by atoms with Crippen LogP contribution < -0.4 is 11.3 Å². The van der Waals surface area contributed by atoms with Gasteiger partial charge in [-0.15, -0.1) is 0 Å². The van der Waals surface area contributed by atoms with Gasteiger partial charge in [-0.25, -0.2) is 0 Å². The van der Waals surface area contributed by atoms with Gasteiger partial charge in [0.05, 0.1) is 17.1 Å². The van der Waals surface area contributed by atoms with Gasteiger partial charge in [0.25, 0.3) is 0 Å². The second-order valence-corrected chi connectivity index (χ2v) is 4.71. The first-order valence-corrected chi connectivity index (χ1v) is 6.57. The normalized spacial score (nSPS) is 12.4. The number of aromatic nitrogens is 2. The van der Waals surface area contributed by atoms with Crippen LogP contribution in [0, 0.1) is 0 Å². The van der Waals surface area contributed by atoms with Crippen LogP contribution in [0.5, 0.6) is 0 Å². The van der Waals surface area contributed by atoms with E-state index in [-0.39, 0.29) is 6.04 Å². The van der Waals surface area contributed by atoms with Crippen molar-refractivity contribution in [1.29, 1.82) is 0 Å². The summed E-state index contributed by atoms with van der Waals surface area (Å²) >= 11 is 0. The molecule has 0 bridgehead atoms. The third kappa shape index (κ3) is 2.66. The van der Waals surface area contributed by atoms with Crippen LogP contribution in [0.2, 0.25) is 0 Å². The first-order chi connectivity index (χ1) is 9.86. The van der Waals surface area contributed by atoms with Gasteiger partial charge in [-0.3, -0.25) is 21.2 Å². The van der Waals surface area contributed by atoms with Crippen molar-refractivity contribution in [3.05, 3.63) is 72.1 Å². The van der Waals surface area contributed by atoms with Gasteiger partial charge < -0.3 is 0 Å². The molecule has 100 valence electrons. The molecule has 4 heteroatoms. The van der Waals surface area contributed by atoms with Crippen LogP contribution in [0.15, 0.2) is 60.9 Å². The highest BCUT2D eigenvalue weighted by atomic mass is 15.2. The van der Waals surface area contributed by atoms with Crippen molar-refractivity contribution in [3.8, 4) is 0 Å². The molecule has 3 N–H and O–H groups in total. The van der Waals surface area contributed by atoms with Gasteiger partial charge in [0.15, 0.2) is 0 Å². The van der Waals surface area contributed by atoms with E-state index in [0.717, 1.165) is 23.0 Å². The number of benzene rings is 2. The van der Waals surface area contributed by atoms with Crippen molar-refractivity contribution in [2.75, 3.05) is 0 Å². The zero-order valence-electron chi connectivity index (χ0n) is 11.0. The Labute approximate surface area is 117 Å². The maximum Gasteiger partial charge on any atom is 0.0890 e. The van der Waals surface area contributed by atoms with Gasteiger partial charge in [-0.05, 0) is 29.7 Å². The van der Waals surface area contributed by atoms with E-state index in [9.17, 15) is 0 Å². The molecule has 1 aromatic heterocycles. The molecule has 0 aliphatic carbocycles. The van der Waals surface area contributed by atoms with Gasteiger partial charge in [0, 0.05) is 12.4 Å². The Morgan fingerprint density at radius 3 is 2.45 bits per heavy atom. The van der Waals surface area contributed by atoms with Crippen molar-refractivity contribution in [2.24, 2.45) is 5.84 Å². The van der Waals surface area contributed by atoms with Crippen LogP contribution in [-0.2, 0) is 6.42 Å². The zero-order chi connectivity index (χ0) is 13.8. The first kappa shape index (κ1) is 12.7. The van der Waals surface area contributed by atoms with Crippen molar-refractivity contribution >= 4 is 11.0 Å². The molecule has 0 fully saturated rings. The fourth-order valence-electron chi connectivity index (χ4n) is 2.32. The minimum atomic E-state index is 0.0591. The predicted octanol–water partition coefficient (Wildman–Crippen LogP) is 2.38. The second kappa shape index (κ2) is 5.77. The van der Waals surface area contributed by atoms with Crippen molar-refractivity contribution in [2.45, 2.75) is 12.5 Å². The Hall–Kier alpha value is -2.30. The summed E-state index contributed by atoms with van der Waals surface area (Å²) in [6.07, 6.45) is 4.24. The van der Waals surface area contributed by atoms with Gasteiger partial charge in [0.2, 0.25) is 0 Å². The molecule has 0 saturated heterocycles. The highest BCUT2D eigenvalue weighted by molar-refractivity contribution is 5.74. The molecule has 0 spiro atoms. The maximum atomic E-state index is 5.71. The van der Waals surface area contributed by atoms with E-state index in [1.165, 1.54) is 5.56 Å². The van der Waals surface area contributed by atoms with Gasteiger partial charge in [-0.2, -0.15) is 0 Å². The van der Waals surface area contributed by atoms with Crippen LogP contribution in [0.4, 0.5) is 0 Å². The summed E-state index contributed by atoms with van der Waals surface area (Å²) in [6.45, 7) is 0. The Morgan fingerprint density at radius 2 is 1.70 bits per heavy atom. The fraction of sp³-hybridized carbons (Fsp3) is 0.125. The number of nitrogens with two attached hydrogens (primary N) is 1. The lowest BCUT2D eigenvalue weighted by atomic mass is 9.99. The third-order valence-electron chi connectivity index (χ3n) is 3.38. The van der Waals surface area contributed by atoms with Crippen molar-refractivity contribution in [3.63, 3.8) is 0 Å². The Kier molecular flexibility index (Phi) is 3.67. The molecule has 2 aromatic carbocycles. The molecule has 20 heavy (non-hydrogen) atoms. The van der Waals surface area contributed by atoms with Crippen LogP contribution in [0.25, 0.3) is 11.0 Å². The van der Waals surface area contributed by atoms with Crippen LogP contribution in [-0.4, -0.2) is 9.97 Å². The van der Waals surface area contributed by atoms with Crippen molar-refractivity contribution in [1.82, 2.24) is 15.4 Å². The number of fused-ring (bicyclic) bond motifs is 1. The van der Waals surface area contributed by atoms with E-state index < -0.39 is 0 Å². The summed E-state index contributed by atoms with van der Waals surface area (Å²) in [6, 6.07) is 16.4.